The molecular weight excluding hydrogens is 411 g/mol. The fourth-order valence-electron chi connectivity index (χ4n) is 2.61. The topological polar surface area (TPSA) is 69.0 Å². The number of ether oxygens (including phenoxy) is 1. The zero-order valence-electron chi connectivity index (χ0n) is 14.9. The van der Waals surface area contributed by atoms with Crippen LogP contribution in [0.3, 0.4) is 0 Å². The molecule has 0 aliphatic heterocycles. The lowest BCUT2D eigenvalue weighted by Crippen LogP contribution is -2.12. The highest BCUT2D eigenvalue weighted by atomic mass is 35.5. The zero-order valence-corrected chi connectivity index (χ0v) is 16.4. The molecule has 1 N–H and O–H groups in total. The zero-order chi connectivity index (χ0) is 20.2. The first-order chi connectivity index (χ1) is 14.1. The van der Waals surface area contributed by atoms with Crippen LogP contribution in [-0.4, -0.2) is 20.4 Å². The number of halogens is 2. The number of carbonyl (C=O) groups excluding carboxylic acids is 1. The first kappa shape index (κ1) is 19.0. The molecular formula is C21H14Cl2N4O2. The average Bonchev–Trinajstić information content (AvgIpc) is 3.24. The smallest absolute Gasteiger partial charge is 0.257 e. The van der Waals surface area contributed by atoms with Gasteiger partial charge >= 0.3 is 0 Å². The Morgan fingerprint density at radius 1 is 0.966 bits per heavy atom. The molecule has 0 aliphatic rings. The molecule has 6 nitrogen and oxygen atoms in total. The van der Waals surface area contributed by atoms with E-state index in [1.54, 1.807) is 42.5 Å². The van der Waals surface area contributed by atoms with Gasteiger partial charge in [-0.05, 0) is 54.6 Å². The number of amides is 1. The predicted molar refractivity (Wildman–Crippen MR) is 112 cm³/mol. The molecule has 0 saturated carbocycles. The Labute approximate surface area is 176 Å². The van der Waals surface area contributed by atoms with Gasteiger partial charge in [-0.3, -0.25) is 4.79 Å². The van der Waals surface area contributed by atoms with Gasteiger partial charge in [0.15, 0.2) is 0 Å². The highest BCUT2D eigenvalue weighted by Gasteiger charge is 2.11. The summed E-state index contributed by atoms with van der Waals surface area (Å²) in [5.41, 5.74) is 0.944. The summed E-state index contributed by atoms with van der Waals surface area (Å²) in [6, 6.07) is 17.2. The number of aromatic nitrogens is 3. The Balaban J connectivity index is 1.44. The fraction of sp³-hybridized carbons (Fsp3) is 0. The number of rotatable bonds is 5. The van der Waals surface area contributed by atoms with Crippen molar-refractivity contribution in [1.29, 1.82) is 0 Å². The molecule has 0 radical (unpaired) electrons. The van der Waals surface area contributed by atoms with Crippen molar-refractivity contribution >= 4 is 34.8 Å². The van der Waals surface area contributed by atoms with E-state index < -0.39 is 0 Å². The van der Waals surface area contributed by atoms with Crippen molar-refractivity contribution in [2.24, 2.45) is 0 Å². The highest BCUT2D eigenvalue weighted by molar-refractivity contribution is 6.37. The number of hydrogen-bond donors (Lipinski definition) is 1. The first-order valence-electron chi connectivity index (χ1n) is 8.58. The van der Waals surface area contributed by atoms with Gasteiger partial charge in [0.1, 0.15) is 17.9 Å². The molecule has 0 saturated heterocycles. The molecule has 8 heteroatoms. The van der Waals surface area contributed by atoms with E-state index in [0.717, 1.165) is 0 Å². The maximum absolute atomic E-state index is 12.4. The number of nitrogens with one attached hydrogen (secondary N) is 1. The van der Waals surface area contributed by atoms with E-state index in [1.807, 2.05) is 29.1 Å². The normalized spacial score (nSPS) is 10.6. The molecule has 2 aromatic carbocycles. The van der Waals surface area contributed by atoms with Gasteiger partial charge in [-0.1, -0.05) is 23.2 Å². The van der Waals surface area contributed by atoms with E-state index >= 15 is 0 Å². The lowest BCUT2D eigenvalue weighted by atomic mass is 10.2. The van der Waals surface area contributed by atoms with E-state index in [2.05, 4.69) is 15.3 Å². The molecule has 4 rings (SSSR count). The monoisotopic (exact) mass is 424 g/mol. The van der Waals surface area contributed by atoms with Crippen molar-refractivity contribution in [2.75, 3.05) is 5.32 Å². The van der Waals surface area contributed by atoms with Crippen LogP contribution >= 0.6 is 23.2 Å². The quantitative estimate of drug-likeness (QED) is 0.451. The van der Waals surface area contributed by atoms with Gasteiger partial charge in [0.25, 0.3) is 5.91 Å². The molecule has 29 heavy (non-hydrogen) atoms. The van der Waals surface area contributed by atoms with Crippen LogP contribution in [0.2, 0.25) is 10.0 Å². The second-order valence-corrected chi connectivity index (χ2v) is 6.85. The van der Waals surface area contributed by atoms with E-state index in [9.17, 15) is 4.79 Å². The van der Waals surface area contributed by atoms with E-state index in [-0.39, 0.29) is 10.9 Å². The Hall–Kier alpha value is -3.35. The highest BCUT2D eigenvalue weighted by Crippen LogP contribution is 2.24. The summed E-state index contributed by atoms with van der Waals surface area (Å²) in [5.74, 6) is 1.36. The second kappa shape index (κ2) is 8.34. The van der Waals surface area contributed by atoms with Gasteiger partial charge in [-0.15, -0.1) is 0 Å². The second-order valence-electron chi connectivity index (χ2n) is 6.01. The number of nitrogens with zero attached hydrogens (tertiary/aromatic N) is 3. The lowest BCUT2D eigenvalue weighted by Gasteiger charge is -2.09. The summed E-state index contributed by atoms with van der Waals surface area (Å²) < 4.78 is 7.64. The standard InChI is InChI=1S/C21H14Cl2N4O2/c22-14-3-8-17(18(23)11-14)21(28)26-15-4-6-16(7-5-15)29-20-12-19(24-13-25-20)27-9-1-2-10-27/h1-13H,(H,26,28). The Morgan fingerprint density at radius 2 is 1.72 bits per heavy atom. The van der Waals surface area contributed by atoms with Crippen LogP contribution in [0.5, 0.6) is 11.6 Å². The van der Waals surface area contributed by atoms with Crippen molar-refractivity contribution in [3.05, 3.63) is 95.0 Å². The summed E-state index contributed by atoms with van der Waals surface area (Å²) >= 11 is 11.9. The Morgan fingerprint density at radius 3 is 2.45 bits per heavy atom. The lowest BCUT2D eigenvalue weighted by molar-refractivity contribution is 0.102. The first-order valence-corrected chi connectivity index (χ1v) is 9.34. The number of carbonyl (C=O) groups is 1. The molecule has 0 fully saturated rings. The van der Waals surface area contributed by atoms with E-state index in [0.29, 0.717) is 33.7 Å². The summed E-state index contributed by atoms with van der Waals surface area (Å²) in [6.45, 7) is 0. The third kappa shape index (κ3) is 4.56. The third-order valence-electron chi connectivity index (χ3n) is 4.01. The number of benzene rings is 2. The van der Waals surface area contributed by atoms with Crippen LogP contribution in [0, 0.1) is 0 Å². The average molecular weight is 425 g/mol. The van der Waals surface area contributed by atoms with Gasteiger partial charge in [-0.25, -0.2) is 9.97 Å². The van der Waals surface area contributed by atoms with Gasteiger partial charge in [0, 0.05) is 29.2 Å². The molecule has 0 unspecified atom stereocenters. The molecule has 144 valence electrons. The Bertz CT molecular complexity index is 1150. The van der Waals surface area contributed by atoms with Crippen LogP contribution in [-0.2, 0) is 0 Å². The van der Waals surface area contributed by atoms with Crippen molar-refractivity contribution in [3.63, 3.8) is 0 Å². The van der Waals surface area contributed by atoms with Crippen molar-refractivity contribution in [1.82, 2.24) is 14.5 Å². The number of hydrogen-bond acceptors (Lipinski definition) is 4. The molecule has 0 spiro atoms. The predicted octanol–water partition coefficient (Wildman–Crippen LogP) is 5.62. The largest absolute Gasteiger partial charge is 0.439 e. The summed E-state index contributed by atoms with van der Waals surface area (Å²) in [6.07, 6.45) is 5.21. The number of anilines is 1. The molecule has 0 aliphatic carbocycles. The van der Waals surface area contributed by atoms with Crippen molar-refractivity contribution in [3.8, 4) is 17.4 Å². The summed E-state index contributed by atoms with van der Waals surface area (Å²) in [5, 5.41) is 3.55. The van der Waals surface area contributed by atoms with Gasteiger partial charge in [-0.2, -0.15) is 0 Å². The minimum absolute atomic E-state index is 0.289. The van der Waals surface area contributed by atoms with Crippen molar-refractivity contribution < 1.29 is 9.53 Å². The molecule has 4 aromatic rings. The molecule has 1 amide bonds. The summed E-state index contributed by atoms with van der Waals surface area (Å²) in [7, 11) is 0. The SMILES string of the molecule is O=C(Nc1ccc(Oc2cc(-n3cccc3)ncn2)cc1)c1ccc(Cl)cc1Cl. The summed E-state index contributed by atoms with van der Waals surface area (Å²) in [4.78, 5) is 20.7. The minimum atomic E-state index is -0.326. The van der Waals surface area contributed by atoms with Crippen LogP contribution in [0.15, 0.2) is 79.4 Å². The van der Waals surface area contributed by atoms with Crippen LogP contribution in [0.25, 0.3) is 5.82 Å². The van der Waals surface area contributed by atoms with Gasteiger partial charge < -0.3 is 14.6 Å². The molecule has 2 aromatic heterocycles. The van der Waals surface area contributed by atoms with E-state index in [4.69, 9.17) is 27.9 Å². The maximum Gasteiger partial charge on any atom is 0.257 e. The van der Waals surface area contributed by atoms with Crippen molar-refractivity contribution in [2.45, 2.75) is 0 Å². The third-order valence-corrected chi connectivity index (χ3v) is 4.55. The van der Waals surface area contributed by atoms with E-state index in [1.165, 1.54) is 12.4 Å². The molecule has 0 bridgehead atoms. The van der Waals surface area contributed by atoms with Crippen LogP contribution in [0.1, 0.15) is 10.4 Å². The fourth-order valence-corrected chi connectivity index (χ4v) is 3.11. The van der Waals surface area contributed by atoms with Gasteiger partial charge in [0.05, 0.1) is 10.6 Å². The van der Waals surface area contributed by atoms with Crippen LogP contribution < -0.4 is 10.1 Å². The van der Waals surface area contributed by atoms with Crippen LogP contribution in [0.4, 0.5) is 5.69 Å². The Kier molecular flexibility index (Phi) is 5.46. The molecule has 0 atom stereocenters. The molecule has 2 heterocycles. The maximum atomic E-state index is 12.4. The van der Waals surface area contributed by atoms with Gasteiger partial charge in [0.2, 0.25) is 5.88 Å². The minimum Gasteiger partial charge on any atom is -0.439 e.